The van der Waals surface area contributed by atoms with Gasteiger partial charge >= 0.3 is 0 Å². The second kappa shape index (κ2) is 8.19. The van der Waals surface area contributed by atoms with E-state index in [9.17, 15) is 14.0 Å². The molecule has 0 aromatic heterocycles. The Labute approximate surface area is 156 Å². The van der Waals surface area contributed by atoms with Crippen molar-refractivity contribution in [2.24, 2.45) is 0 Å². The first-order valence-corrected chi connectivity index (χ1v) is 8.31. The normalized spacial score (nSPS) is 11.0. The molecule has 0 atom stereocenters. The monoisotopic (exact) mass is 378 g/mol. The molecule has 2 rings (SSSR count). The van der Waals surface area contributed by atoms with E-state index in [0.717, 1.165) is 0 Å². The number of anilines is 1. The summed E-state index contributed by atoms with van der Waals surface area (Å²) in [6.45, 7) is 3.04. The maximum Gasteiger partial charge on any atom is 0.266 e. The van der Waals surface area contributed by atoms with Crippen molar-refractivity contribution in [3.8, 4) is 5.75 Å². The van der Waals surface area contributed by atoms with Gasteiger partial charge in [0.05, 0.1) is 6.54 Å². The highest BCUT2D eigenvalue weighted by Crippen LogP contribution is 2.22. The van der Waals surface area contributed by atoms with E-state index in [1.807, 2.05) is 0 Å². The summed E-state index contributed by atoms with van der Waals surface area (Å²) in [4.78, 5) is 25.9. The van der Waals surface area contributed by atoms with Gasteiger partial charge in [-0.25, -0.2) is 4.39 Å². The van der Waals surface area contributed by atoms with E-state index in [1.165, 1.54) is 30.1 Å². The molecule has 138 valence electrons. The molecular formula is C19H20ClFN2O3. The number of rotatable bonds is 6. The minimum Gasteiger partial charge on any atom is -0.478 e. The summed E-state index contributed by atoms with van der Waals surface area (Å²) in [5.41, 5.74) is -0.852. The van der Waals surface area contributed by atoms with Gasteiger partial charge in [0.25, 0.3) is 5.91 Å². The summed E-state index contributed by atoms with van der Waals surface area (Å²) in [6, 6.07) is 12.2. The maximum absolute atomic E-state index is 13.2. The Balaban J connectivity index is 1.96. The third-order valence-corrected chi connectivity index (χ3v) is 3.79. The number of benzene rings is 2. The van der Waals surface area contributed by atoms with E-state index in [-0.39, 0.29) is 12.5 Å². The van der Waals surface area contributed by atoms with Crippen LogP contribution in [0.5, 0.6) is 5.75 Å². The minimum absolute atomic E-state index is 0.192. The molecule has 0 radical (unpaired) electrons. The zero-order chi connectivity index (χ0) is 19.3. The molecule has 0 spiro atoms. The quantitative estimate of drug-likeness (QED) is 0.833. The van der Waals surface area contributed by atoms with E-state index in [0.29, 0.717) is 16.5 Å². The molecule has 0 aliphatic heterocycles. The lowest BCUT2D eigenvalue weighted by molar-refractivity contribution is -0.145. The van der Waals surface area contributed by atoms with Crippen molar-refractivity contribution in [3.05, 3.63) is 59.4 Å². The van der Waals surface area contributed by atoms with Gasteiger partial charge in [0.15, 0.2) is 5.60 Å². The number of nitrogens with zero attached hydrogens (tertiary/aromatic N) is 1. The first-order chi connectivity index (χ1) is 12.2. The summed E-state index contributed by atoms with van der Waals surface area (Å²) in [5, 5.41) is 3.11. The van der Waals surface area contributed by atoms with Crippen molar-refractivity contribution < 1.29 is 18.7 Å². The Morgan fingerprint density at radius 1 is 1.19 bits per heavy atom. The van der Waals surface area contributed by atoms with Crippen LogP contribution < -0.4 is 10.1 Å². The summed E-state index contributed by atoms with van der Waals surface area (Å²) < 4.78 is 18.9. The lowest BCUT2D eigenvalue weighted by atomic mass is 10.1. The number of amides is 2. The van der Waals surface area contributed by atoms with Gasteiger partial charge in [-0.3, -0.25) is 9.59 Å². The van der Waals surface area contributed by atoms with Gasteiger partial charge in [-0.2, -0.15) is 0 Å². The molecular weight excluding hydrogens is 359 g/mol. The van der Waals surface area contributed by atoms with E-state index < -0.39 is 17.3 Å². The molecule has 1 N–H and O–H groups in total. The molecule has 2 aromatic carbocycles. The summed E-state index contributed by atoms with van der Waals surface area (Å²) in [7, 11) is 1.50. The Bertz CT molecular complexity index is 794. The number of carbonyl (C=O) groups is 2. The van der Waals surface area contributed by atoms with Gasteiger partial charge in [0, 0.05) is 17.8 Å². The second-order valence-electron chi connectivity index (χ2n) is 6.29. The first-order valence-electron chi connectivity index (χ1n) is 7.93. The van der Waals surface area contributed by atoms with E-state index in [2.05, 4.69) is 5.32 Å². The maximum atomic E-state index is 13.2. The highest BCUT2D eigenvalue weighted by atomic mass is 35.5. The molecule has 2 amide bonds. The van der Waals surface area contributed by atoms with Gasteiger partial charge in [-0.15, -0.1) is 0 Å². The Hall–Kier alpha value is -2.60. The van der Waals surface area contributed by atoms with Crippen LogP contribution in [0, 0.1) is 5.82 Å². The lowest BCUT2D eigenvalue weighted by Crippen LogP contribution is -2.49. The van der Waals surface area contributed by atoms with Crippen molar-refractivity contribution in [3.63, 3.8) is 0 Å². The van der Waals surface area contributed by atoms with Crippen LogP contribution in [-0.2, 0) is 9.59 Å². The fourth-order valence-electron chi connectivity index (χ4n) is 2.35. The van der Waals surface area contributed by atoms with Gasteiger partial charge in [0.1, 0.15) is 11.6 Å². The standard InChI is InChI=1S/C19H20ClFN2O3/c1-19(2,26-16-9-7-13(20)8-10-16)18(25)23(3)12-17(24)22-15-6-4-5-14(21)11-15/h4-11H,12H2,1-3H3,(H,22,24). The Morgan fingerprint density at radius 2 is 1.85 bits per heavy atom. The number of nitrogens with one attached hydrogen (secondary N) is 1. The van der Waals surface area contributed by atoms with Crippen LogP contribution in [-0.4, -0.2) is 35.9 Å². The molecule has 0 bridgehead atoms. The fourth-order valence-corrected chi connectivity index (χ4v) is 2.48. The third-order valence-electron chi connectivity index (χ3n) is 3.54. The molecule has 7 heteroatoms. The van der Waals surface area contributed by atoms with E-state index in [4.69, 9.17) is 16.3 Å². The van der Waals surface area contributed by atoms with Crippen molar-refractivity contribution in [1.29, 1.82) is 0 Å². The van der Waals surface area contributed by atoms with Gasteiger partial charge in [-0.1, -0.05) is 17.7 Å². The molecule has 0 heterocycles. The van der Waals surface area contributed by atoms with Crippen molar-refractivity contribution in [2.45, 2.75) is 19.4 Å². The summed E-state index contributed by atoms with van der Waals surface area (Å²) in [6.07, 6.45) is 0. The lowest BCUT2D eigenvalue weighted by Gasteiger charge is -2.29. The number of likely N-dealkylation sites (N-methyl/N-ethyl adjacent to an activating group) is 1. The third kappa shape index (κ3) is 5.46. The number of halogens is 2. The van der Waals surface area contributed by atoms with Gasteiger partial charge in [-0.05, 0) is 56.3 Å². The zero-order valence-electron chi connectivity index (χ0n) is 14.8. The highest BCUT2D eigenvalue weighted by molar-refractivity contribution is 6.30. The molecule has 0 fully saturated rings. The summed E-state index contributed by atoms with van der Waals surface area (Å²) in [5.74, 6) is -0.773. The van der Waals surface area contributed by atoms with E-state index in [1.54, 1.807) is 44.2 Å². The van der Waals surface area contributed by atoms with Gasteiger partial charge in [0.2, 0.25) is 5.91 Å². The number of hydrogen-bond acceptors (Lipinski definition) is 3. The molecule has 2 aromatic rings. The predicted octanol–water partition coefficient (Wildman–Crippen LogP) is 3.73. The number of hydrogen-bond donors (Lipinski definition) is 1. The molecule has 0 saturated heterocycles. The Morgan fingerprint density at radius 3 is 2.46 bits per heavy atom. The topological polar surface area (TPSA) is 58.6 Å². The smallest absolute Gasteiger partial charge is 0.266 e. The van der Waals surface area contributed by atoms with Crippen LogP contribution in [0.4, 0.5) is 10.1 Å². The van der Waals surface area contributed by atoms with Crippen molar-refractivity contribution in [2.75, 3.05) is 18.9 Å². The largest absolute Gasteiger partial charge is 0.478 e. The fraction of sp³-hybridized carbons (Fsp3) is 0.263. The van der Waals surface area contributed by atoms with Crippen LogP contribution in [0.3, 0.4) is 0 Å². The van der Waals surface area contributed by atoms with Crippen molar-refractivity contribution in [1.82, 2.24) is 4.90 Å². The molecule has 0 aliphatic carbocycles. The van der Waals surface area contributed by atoms with Crippen LogP contribution in [0.2, 0.25) is 5.02 Å². The molecule has 0 unspecified atom stereocenters. The zero-order valence-corrected chi connectivity index (χ0v) is 15.5. The second-order valence-corrected chi connectivity index (χ2v) is 6.72. The highest BCUT2D eigenvalue weighted by Gasteiger charge is 2.33. The average Bonchev–Trinajstić information content (AvgIpc) is 2.56. The SMILES string of the molecule is CN(CC(=O)Nc1cccc(F)c1)C(=O)C(C)(C)Oc1ccc(Cl)cc1. The predicted molar refractivity (Wildman–Crippen MR) is 98.8 cm³/mol. The summed E-state index contributed by atoms with van der Waals surface area (Å²) >= 11 is 5.83. The number of carbonyl (C=O) groups excluding carboxylic acids is 2. The minimum atomic E-state index is -1.18. The molecule has 5 nitrogen and oxygen atoms in total. The molecule has 0 aliphatic rings. The van der Waals surface area contributed by atoms with Crippen LogP contribution in [0.15, 0.2) is 48.5 Å². The average molecular weight is 379 g/mol. The van der Waals surface area contributed by atoms with Crippen molar-refractivity contribution >= 4 is 29.1 Å². The van der Waals surface area contributed by atoms with E-state index >= 15 is 0 Å². The van der Waals surface area contributed by atoms with Crippen LogP contribution >= 0.6 is 11.6 Å². The Kier molecular flexibility index (Phi) is 6.21. The van der Waals surface area contributed by atoms with Crippen LogP contribution in [0.25, 0.3) is 0 Å². The first kappa shape index (κ1) is 19.7. The van der Waals surface area contributed by atoms with Crippen LogP contribution in [0.1, 0.15) is 13.8 Å². The van der Waals surface area contributed by atoms with Gasteiger partial charge < -0.3 is 15.0 Å². The number of ether oxygens (including phenoxy) is 1. The molecule has 26 heavy (non-hydrogen) atoms. The molecule has 0 saturated carbocycles.